The molecule has 0 spiro atoms. The average Bonchev–Trinajstić information content (AvgIpc) is 2.96. The first kappa shape index (κ1) is 13.7. The fraction of sp³-hybridized carbons (Fsp3) is 0.133. The number of ether oxygens (including phenoxy) is 1. The minimum absolute atomic E-state index is 0.123. The highest BCUT2D eigenvalue weighted by atomic mass is 32.1. The van der Waals surface area contributed by atoms with Gasteiger partial charge < -0.3 is 15.6 Å². The lowest BCUT2D eigenvalue weighted by Crippen LogP contribution is -2.39. The van der Waals surface area contributed by atoms with E-state index >= 15 is 0 Å². The number of nitrogens with zero attached hydrogens (tertiary/aromatic N) is 1. The van der Waals surface area contributed by atoms with Crippen LogP contribution in [0.1, 0.15) is 4.88 Å². The van der Waals surface area contributed by atoms with Gasteiger partial charge in [-0.3, -0.25) is 9.69 Å². The van der Waals surface area contributed by atoms with E-state index in [2.05, 4.69) is 0 Å². The number of rotatable bonds is 3. The molecule has 2 heterocycles. The van der Waals surface area contributed by atoms with Crippen molar-refractivity contribution < 1.29 is 14.6 Å². The van der Waals surface area contributed by atoms with Crippen molar-refractivity contribution in [3.8, 4) is 5.75 Å². The molecule has 0 aliphatic carbocycles. The number of hydrogen-bond donors (Lipinski definition) is 2. The number of carbonyl (C=O) groups is 1. The van der Waals surface area contributed by atoms with E-state index in [9.17, 15) is 9.90 Å². The number of β-amino-alcohol motifs (C(OH)–C–C–N with tert-alkyl or cyclic N) is 1. The number of amides is 1. The van der Waals surface area contributed by atoms with Gasteiger partial charge in [-0.1, -0.05) is 6.07 Å². The van der Waals surface area contributed by atoms with Gasteiger partial charge in [-0.25, -0.2) is 0 Å². The van der Waals surface area contributed by atoms with Crippen molar-refractivity contribution in [2.45, 2.75) is 0 Å². The molecular formula is C15H14N2O3S. The standard InChI is InChI=1S/C15H14N2O3S/c16-10-3-4-12-13(8-10)20-14(9-11-2-1-7-21-11)15(19)17(12)5-6-18/h1-4,7-9,18H,5-6,16H2/b14-9+. The first-order valence-electron chi connectivity index (χ1n) is 6.44. The molecule has 0 saturated heterocycles. The van der Waals surface area contributed by atoms with Gasteiger partial charge in [-0.05, 0) is 23.6 Å². The maximum Gasteiger partial charge on any atom is 0.294 e. The number of aliphatic hydroxyl groups excluding tert-OH is 1. The maximum atomic E-state index is 12.5. The van der Waals surface area contributed by atoms with Gasteiger partial charge in [0.2, 0.25) is 0 Å². The molecule has 0 atom stereocenters. The SMILES string of the molecule is Nc1ccc2c(c1)O/C(=C/c1cccs1)C(=O)N2CCO. The largest absolute Gasteiger partial charge is 0.449 e. The Kier molecular flexibility index (Phi) is 3.64. The number of hydrogen-bond acceptors (Lipinski definition) is 5. The molecular weight excluding hydrogens is 288 g/mol. The van der Waals surface area contributed by atoms with Crippen LogP contribution in [0.3, 0.4) is 0 Å². The molecule has 1 aliphatic heterocycles. The highest BCUT2D eigenvalue weighted by Crippen LogP contribution is 2.37. The van der Waals surface area contributed by atoms with E-state index in [1.807, 2.05) is 17.5 Å². The predicted octanol–water partition coefficient (Wildman–Crippen LogP) is 2.09. The first-order chi connectivity index (χ1) is 10.2. The van der Waals surface area contributed by atoms with E-state index in [1.54, 1.807) is 24.3 Å². The highest BCUT2D eigenvalue weighted by Gasteiger charge is 2.30. The van der Waals surface area contributed by atoms with Crippen molar-refractivity contribution in [2.75, 3.05) is 23.8 Å². The Morgan fingerprint density at radius 1 is 1.38 bits per heavy atom. The summed E-state index contributed by atoms with van der Waals surface area (Å²) in [7, 11) is 0. The topological polar surface area (TPSA) is 75.8 Å². The minimum atomic E-state index is -0.269. The van der Waals surface area contributed by atoms with Gasteiger partial charge in [-0.15, -0.1) is 11.3 Å². The molecule has 1 aliphatic rings. The minimum Gasteiger partial charge on any atom is -0.449 e. The van der Waals surface area contributed by atoms with Crippen LogP contribution in [-0.2, 0) is 4.79 Å². The van der Waals surface area contributed by atoms with Crippen LogP contribution in [0.25, 0.3) is 6.08 Å². The maximum absolute atomic E-state index is 12.5. The number of carbonyl (C=O) groups excluding carboxylic acids is 1. The predicted molar refractivity (Wildman–Crippen MR) is 83.2 cm³/mol. The van der Waals surface area contributed by atoms with Crippen LogP contribution in [0.2, 0.25) is 0 Å². The van der Waals surface area contributed by atoms with Crippen LogP contribution in [0, 0.1) is 0 Å². The van der Waals surface area contributed by atoms with Crippen molar-refractivity contribution in [1.29, 1.82) is 0 Å². The Labute approximate surface area is 125 Å². The summed E-state index contributed by atoms with van der Waals surface area (Å²) < 4.78 is 5.69. The number of aliphatic hydroxyl groups is 1. The van der Waals surface area contributed by atoms with E-state index < -0.39 is 0 Å². The second-order valence-corrected chi connectivity index (χ2v) is 5.51. The fourth-order valence-electron chi connectivity index (χ4n) is 2.16. The van der Waals surface area contributed by atoms with Crippen molar-refractivity contribution >= 4 is 34.7 Å². The normalized spacial score (nSPS) is 16.0. The van der Waals surface area contributed by atoms with Gasteiger partial charge in [-0.2, -0.15) is 0 Å². The van der Waals surface area contributed by atoms with Crippen LogP contribution in [0.4, 0.5) is 11.4 Å². The van der Waals surface area contributed by atoms with Crippen molar-refractivity contribution in [3.63, 3.8) is 0 Å². The molecule has 1 aromatic heterocycles. The van der Waals surface area contributed by atoms with Crippen LogP contribution in [-0.4, -0.2) is 24.2 Å². The summed E-state index contributed by atoms with van der Waals surface area (Å²) in [6, 6.07) is 8.91. The van der Waals surface area contributed by atoms with Crippen LogP contribution >= 0.6 is 11.3 Å². The molecule has 2 aromatic rings. The Bertz CT molecular complexity index is 695. The summed E-state index contributed by atoms with van der Waals surface area (Å²) in [4.78, 5) is 14.9. The smallest absolute Gasteiger partial charge is 0.294 e. The number of benzene rings is 1. The molecule has 0 bridgehead atoms. The number of anilines is 2. The monoisotopic (exact) mass is 302 g/mol. The van der Waals surface area contributed by atoms with E-state index in [0.29, 0.717) is 17.1 Å². The van der Waals surface area contributed by atoms with Gasteiger partial charge in [0.25, 0.3) is 5.91 Å². The quantitative estimate of drug-likeness (QED) is 0.672. The molecule has 3 N–H and O–H groups in total. The Morgan fingerprint density at radius 2 is 2.24 bits per heavy atom. The van der Waals surface area contributed by atoms with E-state index in [1.165, 1.54) is 16.2 Å². The summed E-state index contributed by atoms with van der Waals surface area (Å²) in [5.41, 5.74) is 6.94. The van der Waals surface area contributed by atoms with Gasteiger partial charge in [0.1, 0.15) is 0 Å². The van der Waals surface area contributed by atoms with Crippen LogP contribution in [0.5, 0.6) is 5.75 Å². The Morgan fingerprint density at radius 3 is 2.95 bits per heavy atom. The Balaban J connectivity index is 2.05. The molecule has 3 rings (SSSR count). The average molecular weight is 302 g/mol. The number of thiophene rings is 1. The third kappa shape index (κ3) is 2.63. The van der Waals surface area contributed by atoms with Gasteiger partial charge in [0.15, 0.2) is 11.5 Å². The molecule has 0 saturated carbocycles. The second kappa shape index (κ2) is 5.59. The zero-order chi connectivity index (χ0) is 14.8. The number of fused-ring (bicyclic) bond motifs is 1. The van der Waals surface area contributed by atoms with E-state index in [4.69, 9.17) is 10.5 Å². The summed E-state index contributed by atoms with van der Waals surface area (Å²) in [6.07, 6.45) is 1.70. The lowest BCUT2D eigenvalue weighted by molar-refractivity contribution is -0.117. The van der Waals surface area contributed by atoms with Crippen molar-refractivity contribution in [3.05, 3.63) is 46.3 Å². The first-order valence-corrected chi connectivity index (χ1v) is 7.32. The molecule has 21 heavy (non-hydrogen) atoms. The third-order valence-electron chi connectivity index (χ3n) is 3.09. The molecule has 1 aromatic carbocycles. The van der Waals surface area contributed by atoms with E-state index in [0.717, 1.165) is 4.88 Å². The second-order valence-electron chi connectivity index (χ2n) is 4.53. The lowest BCUT2D eigenvalue weighted by Gasteiger charge is -2.30. The fourth-order valence-corrected chi connectivity index (χ4v) is 2.80. The van der Waals surface area contributed by atoms with Crippen LogP contribution in [0.15, 0.2) is 41.5 Å². The molecule has 1 amide bonds. The highest BCUT2D eigenvalue weighted by molar-refractivity contribution is 7.10. The zero-order valence-electron chi connectivity index (χ0n) is 11.2. The summed E-state index contributed by atoms with van der Waals surface area (Å²) in [5, 5.41) is 11.1. The third-order valence-corrected chi connectivity index (χ3v) is 3.91. The molecule has 0 unspecified atom stereocenters. The number of nitrogens with two attached hydrogens (primary N) is 1. The summed E-state index contributed by atoms with van der Waals surface area (Å²) in [6.45, 7) is 0.0860. The van der Waals surface area contributed by atoms with Gasteiger partial charge in [0.05, 0.1) is 12.3 Å². The van der Waals surface area contributed by atoms with E-state index in [-0.39, 0.29) is 24.8 Å². The van der Waals surface area contributed by atoms with Gasteiger partial charge in [0, 0.05) is 29.3 Å². The molecule has 6 heteroatoms. The molecule has 108 valence electrons. The van der Waals surface area contributed by atoms with Crippen molar-refractivity contribution in [2.24, 2.45) is 0 Å². The summed E-state index contributed by atoms with van der Waals surface area (Å²) in [5.74, 6) is 0.476. The molecule has 0 fully saturated rings. The summed E-state index contributed by atoms with van der Waals surface area (Å²) >= 11 is 1.52. The van der Waals surface area contributed by atoms with Crippen molar-refractivity contribution in [1.82, 2.24) is 0 Å². The number of nitrogen functional groups attached to an aromatic ring is 1. The Hall–Kier alpha value is -2.31. The molecule has 5 nitrogen and oxygen atoms in total. The lowest BCUT2D eigenvalue weighted by atomic mass is 10.2. The zero-order valence-corrected chi connectivity index (χ0v) is 12.0. The molecule has 0 radical (unpaired) electrons. The van der Waals surface area contributed by atoms with Crippen LogP contribution < -0.4 is 15.4 Å². The van der Waals surface area contributed by atoms with Gasteiger partial charge >= 0.3 is 0 Å².